The zero-order valence-corrected chi connectivity index (χ0v) is 9.19. The summed E-state index contributed by atoms with van der Waals surface area (Å²) in [6.07, 6.45) is 4.08. The number of rotatable bonds is 4. The van der Waals surface area contributed by atoms with Gasteiger partial charge in [0.2, 0.25) is 0 Å². The molecule has 0 saturated heterocycles. The van der Waals surface area contributed by atoms with Crippen LogP contribution >= 0.6 is 0 Å². The number of carbonyl (C=O) groups is 1. The van der Waals surface area contributed by atoms with Crippen molar-refractivity contribution in [1.82, 2.24) is 0 Å². The molecule has 0 unspecified atom stereocenters. The van der Waals surface area contributed by atoms with E-state index in [1.807, 2.05) is 38.1 Å². The Morgan fingerprint density at radius 1 is 1.47 bits per heavy atom. The van der Waals surface area contributed by atoms with Gasteiger partial charge in [-0.15, -0.1) is 0 Å². The van der Waals surface area contributed by atoms with Crippen molar-refractivity contribution in [2.24, 2.45) is 0 Å². The van der Waals surface area contributed by atoms with E-state index >= 15 is 0 Å². The fraction of sp³-hybridized carbons (Fsp3) is 0.308. The van der Waals surface area contributed by atoms with Crippen molar-refractivity contribution in [3.63, 3.8) is 0 Å². The minimum atomic E-state index is -0.279. The van der Waals surface area contributed by atoms with E-state index in [2.05, 4.69) is 0 Å². The Hall–Kier alpha value is -1.57. The van der Waals surface area contributed by atoms with E-state index in [9.17, 15) is 4.79 Å². The van der Waals surface area contributed by atoms with Crippen LogP contribution in [0.5, 0.6) is 0 Å². The Balaban J connectivity index is 2.53. The molecule has 1 aromatic carbocycles. The second-order valence-corrected chi connectivity index (χ2v) is 3.41. The molecule has 0 aliphatic rings. The minimum Gasteiger partial charge on any atom is -0.463 e. The van der Waals surface area contributed by atoms with E-state index in [0.717, 1.165) is 12.0 Å². The fourth-order valence-corrected chi connectivity index (χ4v) is 1.19. The highest BCUT2D eigenvalue weighted by atomic mass is 16.5. The van der Waals surface area contributed by atoms with Crippen LogP contribution in [0.25, 0.3) is 6.08 Å². The molecular weight excluding hydrogens is 188 g/mol. The van der Waals surface area contributed by atoms with E-state index in [0.29, 0.717) is 6.61 Å². The maximum atomic E-state index is 11.2. The molecule has 0 radical (unpaired) electrons. The quantitative estimate of drug-likeness (QED) is 0.556. The Morgan fingerprint density at radius 2 is 2.27 bits per heavy atom. The third-order valence-electron chi connectivity index (χ3n) is 1.90. The van der Waals surface area contributed by atoms with Gasteiger partial charge < -0.3 is 4.74 Å². The topological polar surface area (TPSA) is 26.3 Å². The fourth-order valence-electron chi connectivity index (χ4n) is 1.19. The summed E-state index contributed by atoms with van der Waals surface area (Å²) in [6.45, 7) is 4.47. The second kappa shape index (κ2) is 6.02. The first-order valence-electron chi connectivity index (χ1n) is 5.14. The van der Waals surface area contributed by atoms with Crippen LogP contribution in [0.15, 0.2) is 30.3 Å². The molecule has 0 atom stereocenters. The van der Waals surface area contributed by atoms with Crippen LogP contribution in [-0.4, -0.2) is 12.6 Å². The molecule has 0 bridgehead atoms. The first kappa shape index (κ1) is 11.5. The first-order chi connectivity index (χ1) is 7.22. The molecule has 0 aromatic heterocycles. The van der Waals surface area contributed by atoms with Gasteiger partial charge in [0, 0.05) is 6.08 Å². The molecule has 0 heterocycles. The summed E-state index contributed by atoms with van der Waals surface area (Å²) in [7, 11) is 0. The summed E-state index contributed by atoms with van der Waals surface area (Å²) in [4.78, 5) is 11.2. The average molecular weight is 204 g/mol. The van der Waals surface area contributed by atoms with Gasteiger partial charge in [-0.05, 0) is 25.0 Å². The predicted molar refractivity (Wildman–Crippen MR) is 61.5 cm³/mol. The molecular formula is C13H16O2. The molecule has 80 valence electrons. The molecule has 0 amide bonds. The smallest absolute Gasteiger partial charge is 0.330 e. The third kappa shape index (κ3) is 4.45. The summed E-state index contributed by atoms with van der Waals surface area (Å²) in [5.74, 6) is -0.279. The van der Waals surface area contributed by atoms with Gasteiger partial charge in [-0.3, -0.25) is 0 Å². The van der Waals surface area contributed by atoms with E-state index in [-0.39, 0.29) is 5.97 Å². The molecule has 2 nitrogen and oxygen atoms in total. The van der Waals surface area contributed by atoms with E-state index in [4.69, 9.17) is 4.74 Å². The van der Waals surface area contributed by atoms with E-state index < -0.39 is 0 Å². The third-order valence-corrected chi connectivity index (χ3v) is 1.90. The van der Waals surface area contributed by atoms with Crippen LogP contribution in [0.1, 0.15) is 24.5 Å². The van der Waals surface area contributed by atoms with Crippen LogP contribution in [0.4, 0.5) is 0 Å². The van der Waals surface area contributed by atoms with Crippen LogP contribution in [0.2, 0.25) is 0 Å². The van der Waals surface area contributed by atoms with Gasteiger partial charge in [0.15, 0.2) is 0 Å². The lowest BCUT2D eigenvalue weighted by Gasteiger charge is -1.98. The van der Waals surface area contributed by atoms with Gasteiger partial charge in [-0.25, -0.2) is 4.79 Å². The highest BCUT2D eigenvalue weighted by Gasteiger charge is 1.94. The second-order valence-electron chi connectivity index (χ2n) is 3.41. The van der Waals surface area contributed by atoms with Crippen LogP contribution in [-0.2, 0) is 9.53 Å². The van der Waals surface area contributed by atoms with Gasteiger partial charge >= 0.3 is 5.97 Å². The number of aryl methyl sites for hydroxylation is 1. The number of hydrogen-bond donors (Lipinski definition) is 0. The zero-order chi connectivity index (χ0) is 11.1. The number of benzene rings is 1. The van der Waals surface area contributed by atoms with Gasteiger partial charge in [-0.2, -0.15) is 0 Å². The Bertz CT molecular complexity index is 353. The molecule has 0 aliphatic heterocycles. The van der Waals surface area contributed by atoms with Crippen molar-refractivity contribution in [1.29, 1.82) is 0 Å². The number of hydrogen-bond acceptors (Lipinski definition) is 2. The Morgan fingerprint density at radius 3 is 2.93 bits per heavy atom. The molecule has 15 heavy (non-hydrogen) atoms. The number of ether oxygens (including phenoxy) is 1. The molecule has 2 heteroatoms. The van der Waals surface area contributed by atoms with Crippen molar-refractivity contribution in [2.75, 3.05) is 6.61 Å². The van der Waals surface area contributed by atoms with Crippen LogP contribution in [0.3, 0.4) is 0 Å². The largest absolute Gasteiger partial charge is 0.463 e. The Labute approximate surface area is 90.6 Å². The predicted octanol–water partition coefficient (Wildman–Crippen LogP) is 2.96. The number of esters is 1. The SMILES string of the molecule is CCCOC(=O)C=Cc1cccc(C)c1. The summed E-state index contributed by atoms with van der Waals surface area (Å²) < 4.78 is 4.92. The summed E-state index contributed by atoms with van der Waals surface area (Å²) in [6, 6.07) is 7.96. The first-order valence-corrected chi connectivity index (χ1v) is 5.14. The normalized spacial score (nSPS) is 10.5. The lowest BCUT2D eigenvalue weighted by Crippen LogP contribution is -2.00. The maximum Gasteiger partial charge on any atom is 0.330 e. The van der Waals surface area contributed by atoms with Crippen LogP contribution < -0.4 is 0 Å². The summed E-state index contributed by atoms with van der Waals surface area (Å²) in [5, 5.41) is 0. The maximum absolute atomic E-state index is 11.2. The standard InChI is InChI=1S/C13H16O2/c1-3-9-15-13(14)8-7-12-6-4-5-11(2)10-12/h4-8,10H,3,9H2,1-2H3. The van der Waals surface area contributed by atoms with Crippen molar-refractivity contribution in [3.8, 4) is 0 Å². The molecule has 0 fully saturated rings. The minimum absolute atomic E-state index is 0.279. The summed E-state index contributed by atoms with van der Waals surface area (Å²) in [5.41, 5.74) is 2.20. The molecule has 0 aliphatic carbocycles. The Kier molecular flexibility index (Phi) is 4.61. The molecule has 1 aromatic rings. The molecule has 0 saturated carbocycles. The number of carbonyl (C=O) groups excluding carboxylic acids is 1. The molecule has 1 rings (SSSR count). The van der Waals surface area contributed by atoms with Crippen molar-refractivity contribution in [2.45, 2.75) is 20.3 Å². The van der Waals surface area contributed by atoms with E-state index in [1.54, 1.807) is 6.08 Å². The van der Waals surface area contributed by atoms with Gasteiger partial charge in [0.1, 0.15) is 0 Å². The van der Waals surface area contributed by atoms with Crippen LogP contribution in [0, 0.1) is 6.92 Å². The van der Waals surface area contributed by atoms with Crippen molar-refractivity contribution in [3.05, 3.63) is 41.5 Å². The monoisotopic (exact) mass is 204 g/mol. The van der Waals surface area contributed by atoms with Gasteiger partial charge in [0.25, 0.3) is 0 Å². The highest BCUT2D eigenvalue weighted by molar-refractivity contribution is 5.87. The molecule has 0 spiro atoms. The van der Waals surface area contributed by atoms with E-state index in [1.165, 1.54) is 11.6 Å². The summed E-state index contributed by atoms with van der Waals surface area (Å²) >= 11 is 0. The zero-order valence-electron chi connectivity index (χ0n) is 9.19. The van der Waals surface area contributed by atoms with Crippen molar-refractivity contribution < 1.29 is 9.53 Å². The van der Waals surface area contributed by atoms with Gasteiger partial charge in [-0.1, -0.05) is 36.8 Å². The highest BCUT2D eigenvalue weighted by Crippen LogP contribution is 2.05. The van der Waals surface area contributed by atoms with Crippen molar-refractivity contribution >= 4 is 12.0 Å². The average Bonchev–Trinajstić information content (AvgIpc) is 2.23. The lowest BCUT2D eigenvalue weighted by atomic mass is 10.1. The lowest BCUT2D eigenvalue weighted by molar-refractivity contribution is -0.137. The van der Waals surface area contributed by atoms with Gasteiger partial charge in [0.05, 0.1) is 6.61 Å². The molecule has 0 N–H and O–H groups in total.